The van der Waals surface area contributed by atoms with Crippen molar-refractivity contribution < 1.29 is 14.6 Å². The van der Waals surface area contributed by atoms with Crippen molar-refractivity contribution in [3.05, 3.63) is 11.6 Å². The predicted molar refractivity (Wildman–Crippen MR) is 54.3 cm³/mol. The van der Waals surface area contributed by atoms with Gasteiger partial charge >= 0.3 is 0 Å². The van der Waals surface area contributed by atoms with Gasteiger partial charge in [-0.05, 0) is 24.5 Å². The van der Waals surface area contributed by atoms with Gasteiger partial charge < -0.3 is 9.84 Å². The molecule has 4 atom stereocenters. The lowest BCUT2D eigenvalue weighted by Gasteiger charge is -2.30. The van der Waals surface area contributed by atoms with Crippen LogP contribution in [0.5, 0.6) is 0 Å². The Morgan fingerprint density at radius 3 is 3.13 bits per heavy atom. The number of allylic oxidation sites excluding steroid dienone is 1. The number of ether oxygens (including phenoxy) is 1. The summed E-state index contributed by atoms with van der Waals surface area (Å²) in [6, 6.07) is 0. The first-order valence-electron chi connectivity index (χ1n) is 5.67. The highest BCUT2D eigenvalue weighted by Crippen LogP contribution is 2.61. The summed E-state index contributed by atoms with van der Waals surface area (Å²) >= 11 is 0. The predicted octanol–water partition coefficient (Wildman–Crippen LogP) is 1.06. The molecule has 0 radical (unpaired) electrons. The fourth-order valence-corrected chi connectivity index (χ4v) is 3.91. The highest BCUT2D eigenvalue weighted by Gasteiger charge is 2.62. The molecule has 2 fully saturated rings. The number of carbonyl (C=O) groups is 1. The van der Waals surface area contributed by atoms with E-state index >= 15 is 0 Å². The molecule has 0 aliphatic heterocycles. The van der Waals surface area contributed by atoms with E-state index < -0.39 is 0 Å². The monoisotopic (exact) mass is 208 g/mol. The van der Waals surface area contributed by atoms with E-state index in [1.165, 1.54) is 0 Å². The molecule has 15 heavy (non-hydrogen) atoms. The highest BCUT2D eigenvalue weighted by molar-refractivity contribution is 5.97. The fourth-order valence-electron chi connectivity index (χ4n) is 3.91. The first-order valence-corrected chi connectivity index (χ1v) is 5.67. The summed E-state index contributed by atoms with van der Waals surface area (Å²) in [6.07, 6.45) is 4.93. The van der Waals surface area contributed by atoms with Crippen LogP contribution in [0.15, 0.2) is 11.6 Å². The van der Waals surface area contributed by atoms with Crippen LogP contribution in [0, 0.1) is 11.3 Å². The summed E-state index contributed by atoms with van der Waals surface area (Å²) in [7, 11) is 1.66. The van der Waals surface area contributed by atoms with E-state index in [2.05, 4.69) is 0 Å². The van der Waals surface area contributed by atoms with Gasteiger partial charge in [-0.2, -0.15) is 0 Å². The Bertz CT molecular complexity index is 347. The molecule has 0 amide bonds. The van der Waals surface area contributed by atoms with E-state index in [0.29, 0.717) is 6.42 Å². The van der Waals surface area contributed by atoms with Crippen molar-refractivity contribution in [3.63, 3.8) is 0 Å². The molecule has 3 nitrogen and oxygen atoms in total. The zero-order valence-electron chi connectivity index (χ0n) is 8.90. The summed E-state index contributed by atoms with van der Waals surface area (Å²) in [5, 5.41) is 10.2. The van der Waals surface area contributed by atoms with Gasteiger partial charge in [0.1, 0.15) is 0 Å². The number of aliphatic hydroxyl groups excluding tert-OH is 1. The van der Waals surface area contributed by atoms with Gasteiger partial charge in [0.2, 0.25) is 0 Å². The number of methoxy groups -OCH3 is 1. The second kappa shape index (κ2) is 2.92. The van der Waals surface area contributed by atoms with Gasteiger partial charge in [0.25, 0.3) is 0 Å². The second-order valence-corrected chi connectivity index (χ2v) is 4.96. The quantitative estimate of drug-likeness (QED) is 0.701. The van der Waals surface area contributed by atoms with Crippen LogP contribution in [-0.2, 0) is 9.53 Å². The number of hydrogen-bond donors (Lipinski definition) is 1. The van der Waals surface area contributed by atoms with Crippen LogP contribution in [-0.4, -0.2) is 30.2 Å². The molecule has 82 valence electrons. The lowest BCUT2D eigenvalue weighted by molar-refractivity contribution is -0.120. The molecule has 3 aliphatic rings. The van der Waals surface area contributed by atoms with Crippen molar-refractivity contribution >= 4 is 5.78 Å². The average molecular weight is 208 g/mol. The Hall–Kier alpha value is -0.670. The first kappa shape index (κ1) is 9.55. The molecule has 1 N–H and O–H groups in total. The average Bonchev–Trinajstić information content (AvgIpc) is 2.82. The minimum atomic E-state index is -0.382. The molecule has 3 heteroatoms. The van der Waals surface area contributed by atoms with Crippen LogP contribution < -0.4 is 0 Å². The highest BCUT2D eigenvalue weighted by atomic mass is 16.5. The normalized spacial score (nSPS) is 48.0. The summed E-state index contributed by atoms with van der Waals surface area (Å²) in [5.74, 6) is 0.256. The van der Waals surface area contributed by atoms with E-state index in [-0.39, 0.29) is 29.3 Å². The molecule has 3 aliphatic carbocycles. The van der Waals surface area contributed by atoms with Gasteiger partial charge in [-0.25, -0.2) is 0 Å². The van der Waals surface area contributed by atoms with Gasteiger partial charge in [-0.1, -0.05) is 6.42 Å². The molecule has 0 heterocycles. The maximum atomic E-state index is 11.8. The molecule has 0 aromatic heterocycles. The number of rotatable bonds is 1. The number of aliphatic hydroxyl groups is 1. The summed E-state index contributed by atoms with van der Waals surface area (Å²) in [5.41, 5.74) is 0.836. The Morgan fingerprint density at radius 2 is 2.40 bits per heavy atom. The summed E-state index contributed by atoms with van der Waals surface area (Å²) < 4.78 is 5.37. The molecule has 0 aromatic carbocycles. The molecule has 0 aromatic rings. The van der Waals surface area contributed by atoms with Crippen LogP contribution in [0.2, 0.25) is 0 Å². The Labute approximate surface area is 89.1 Å². The van der Waals surface area contributed by atoms with E-state index in [1.807, 2.05) is 0 Å². The van der Waals surface area contributed by atoms with Crippen LogP contribution in [0.1, 0.15) is 25.7 Å². The van der Waals surface area contributed by atoms with Gasteiger partial charge in [0.15, 0.2) is 5.78 Å². The third-order valence-electron chi connectivity index (χ3n) is 4.55. The minimum Gasteiger partial charge on any atom is -0.392 e. The van der Waals surface area contributed by atoms with Crippen molar-refractivity contribution in [2.75, 3.05) is 7.11 Å². The lowest BCUT2D eigenvalue weighted by atomic mass is 9.75. The van der Waals surface area contributed by atoms with Crippen LogP contribution in [0.3, 0.4) is 0 Å². The third-order valence-corrected chi connectivity index (χ3v) is 4.55. The maximum Gasteiger partial charge on any atom is 0.159 e. The molecule has 0 saturated heterocycles. The molecule has 3 rings (SSSR count). The van der Waals surface area contributed by atoms with Crippen molar-refractivity contribution in [1.82, 2.24) is 0 Å². The lowest BCUT2D eigenvalue weighted by Crippen LogP contribution is -2.34. The molecule has 1 spiro atoms. The topological polar surface area (TPSA) is 46.5 Å². The largest absolute Gasteiger partial charge is 0.392 e. The Kier molecular flexibility index (Phi) is 1.86. The van der Waals surface area contributed by atoms with Gasteiger partial charge in [-0.15, -0.1) is 0 Å². The molecular weight excluding hydrogens is 192 g/mol. The van der Waals surface area contributed by atoms with Gasteiger partial charge in [0.05, 0.1) is 12.2 Å². The molecule has 0 unspecified atom stereocenters. The van der Waals surface area contributed by atoms with Gasteiger partial charge in [-0.3, -0.25) is 4.79 Å². The first-order chi connectivity index (χ1) is 7.20. The zero-order chi connectivity index (χ0) is 10.6. The Balaban J connectivity index is 2.09. The van der Waals surface area contributed by atoms with Crippen LogP contribution in [0.25, 0.3) is 0 Å². The number of carbonyl (C=O) groups excluding carboxylic acids is 1. The van der Waals surface area contributed by atoms with Crippen molar-refractivity contribution in [3.8, 4) is 0 Å². The Morgan fingerprint density at radius 1 is 1.60 bits per heavy atom. The standard InChI is InChI=1S/C12H16O3/c1-15-10-6-11(14)12-4-2-3-7(12)9(13)5-8(10)12/h5,7,10-11,14H,2-4,6H2,1H3/t7-,10+,11-,12+/m1/s1. The summed E-state index contributed by atoms with van der Waals surface area (Å²) in [4.78, 5) is 11.8. The van der Waals surface area contributed by atoms with Crippen molar-refractivity contribution in [1.29, 1.82) is 0 Å². The van der Waals surface area contributed by atoms with E-state index in [0.717, 1.165) is 24.8 Å². The number of hydrogen-bond acceptors (Lipinski definition) is 3. The van der Waals surface area contributed by atoms with Gasteiger partial charge in [0, 0.05) is 24.9 Å². The second-order valence-electron chi connectivity index (χ2n) is 4.96. The fraction of sp³-hybridized carbons (Fsp3) is 0.750. The van der Waals surface area contributed by atoms with E-state index in [9.17, 15) is 9.90 Å². The molecule has 2 saturated carbocycles. The summed E-state index contributed by atoms with van der Waals surface area (Å²) in [6.45, 7) is 0. The molecular formula is C12H16O3. The van der Waals surface area contributed by atoms with Crippen molar-refractivity contribution in [2.24, 2.45) is 11.3 Å². The van der Waals surface area contributed by atoms with E-state index in [4.69, 9.17) is 4.74 Å². The third kappa shape index (κ3) is 0.955. The molecule has 0 bridgehead atoms. The van der Waals surface area contributed by atoms with Crippen LogP contribution >= 0.6 is 0 Å². The number of ketones is 1. The van der Waals surface area contributed by atoms with Crippen LogP contribution in [0.4, 0.5) is 0 Å². The maximum absolute atomic E-state index is 11.8. The van der Waals surface area contributed by atoms with E-state index in [1.54, 1.807) is 13.2 Å². The minimum absolute atomic E-state index is 0.0351. The SMILES string of the molecule is CO[C@H]1C[C@@H](O)[C@@]23CCC[C@@H]2C(=O)C=C13. The zero-order valence-corrected chi connectivity index (χ0v) is 8.90. The van der Waals surface area contributed by atoms with Crippen molar-refractivity contribution in [2.45, 2.75) is 37.9 Å². The smallest absolute Gasteiger partial charge is 0.159 e.